The topological polar surface area (TPSA) is 34.6 Å². The van der Waals surface area contributed by atoms with Crippen molar-refractivity contribution in [1.29, 1.82) is 0 Å². The first-order valence-corrected chi connectivity index (χ1v) is 11.4. The summed E-state index contributed by atoms with van der Waals surface area (Å²) in [6, 6.07) is 23.6. The van der Waals surface area contributed by atoms with Crippen molar-refractivity contribution >= 4 is 5.57 Å². The Hall–Kier alpha value is -2.95. The molecule has 1 aliphatic rings. The van der Waals surface area contributed by atoms with Crippen LogP contribution in [-0.4, -0.2) is 43.2 Å². The highest BCUT2D eigenvalue weighted by molar-refractivity contribution is 5.82. The van der Waals surface area contributed by atoms with Gasteiger partial charge in [-0.1, -0.05) is 66.2 Å². The molecule has 4 nitrogen and oxygen atoms in total. The summed E-state index contributed by atoms with van der Waals surface area (Å²) >= 11 is 0. The third-order valence-corrected chi connectivity index (χ3v) is 6.05. The molecule has 166 valence electrons. The maximum atomic E-state index is 5.88. The monoisotopic (exact) mass is 428 g/mol. The minimum atomic E-state index is 0.566. The summed E-state index contributed by atoms with van der Waals surface area (Å²) in [5.41, 5.74) is 6.67. The van der Waals surface area contributed by atoms with E-state index in [1.54, 1.807) is 25.1 Å². The maximum absolute atomic E-state index is 5.88. The number of methoxy groups -OCH3 is 1. The number of nitrogens with zero attached hydrogens (tertiary/aromatic N) is 2. The van der Waals surface area contributed by atoms with Crippen molar-refractivity contribution in [3.05, 3.63) is 101 Å². The molecule has 0 N–H and O–H groups in total. The number of hydrogen-bond donors (Lipinski definition) is 0. The molecule has 0 aliphatic carbocycles. The number of rotatable bonds is 9. The van der Waals surface area contributed by atoms with Crippen molar-refractivity contribution in [3.8, 4) is 5.75 Å². The Morgan fingerprint density at radius 3 is 2.19 bits per heavy atom. The van der Waals surface area contributed by atoms with Crippen LogP contribution in [0, 0.1) is 0 Å². The van der Waals surface area contributed by atoms with E-state index in [0.29, 0.717) is 6.61 Å². The molecule has 1 aromatic heterocycles. The predicted molar refractivity (Wildman–Crippen MR) is 130 cm³/mol. The smallest absolute Gasteiger partial charge is 0.142 e. The normalized spacial score (nSPS) is 14.3. The highest BCUT2D eigenvalue weighted by atomic mass is 16.5. The number of pyridine rings is 1. The molecule has 32 heavy (non-hydrogen) atoms. The van der Waals surface area contributed by atoms with Gasteiger partial charge in [-0.05, 0) is 42.0 Å². The van der Waals surface area contributed by atoms with Crippen LogP contribution in [0.5, 0.6) is 5.75 Å². The zero-order valence-corrected chi connectivity index (χ0v) is 18.9. The molecule has 0 saturated carbocycles. The van der Waals surface area contributed by atoms with Crippen molar-refractivity contribution in [3.63, 3.8) is 0 Å². The molecule has 0 bridgehead atoms. The Morgan fingerprint density at radius 1 is 0.906 bits per heavy atom. The second-order valence-electron chi connectivity index (χ2n) is 8.15. The largest absolute Gasteiger partial charge is 0.495 e. The second-order valence-corrected chi connectivity index (χ2v) is 8.15. The summed E-state index contributed by atoms with van der Waals surface area (Å²) < 4.78 is 11.2. The van der Waals surface area contributed by atoms with Crippen molar-refractivity contribution in [1.82, 2.24) is 9.88 Å². The Kier molecular flexibility index (Phi) is 8.07. The van der Waals surface area contributed by atoms with Gasteiger partial charge in [-0.15, -0.1) is 0 Å². The van der Waals surface area contributed by atoms with Gasteiger partial charge >= 0.3 is 0 Å². The van der Waals surface area contributed by atoms with Crippen LogP contribution in [0.25, 0.3) is 5.57 Å². The van der Waals surface area contributed by atoms with Crippen molar-refractivity contribution in [2.45, 2.75) is 25.9 Å². The quantitative estimate of drug-likeness (QED) is 0.416. The SMILES string of the molecule is COc1cnccc1COCCCN1CCC(=C(c2ccccc2)c2ccccc2)CC1. The number of piperidine rings is 1. The molecular formula is C28H32N2O2. The molecular weight excluding hydrogens is 396 g/mol. The van der Waals surface area contributed by atoms with Gasteiger partial charge in [-0.3, -0.25) is 4.98 Å². The van der Waals surface area contributed by atoms with Crippen molar-refractivity contribution in [2.24, 2.45) is 0 Å². The molecule has 3 aromatic rings. The first kappa shape index (κ1) is 22.3. The number of aromatic nitrogens is 1. The fourth-order valence-corrected chi connectivity index (χ4v) is 4.37. The number of ether oxygens (including phenoxy) is 2. The molecule has 0 spiro atoms. The Balaban J connectivity index is 1.29. The third-order valence-electron chi connectivity index (χ3n) is 6.05. The van der Waals surface area contributed by atoms with E-state index in [-0.39, 0.29) is 0 Å². The van der Waals surface area contributed by atoms with E-state index in [1.165, 1.54) is 16.7 Å². The summed E-state index contributed by atoms with van der Waals surface area (Å²) in [7, 11) is 1.67. The lowest BCUT2D eigenvalue weighted by Gasteiger charge is -2.30. The van der Waals surface area contributed by atoms with Gasteiger partial charge < -0.3 is 14.4 Å². The van der Waals surface area contributed by atoms with Gasteiger partial charge in [0.1, 0.15) is 5.75 Å². The Morgan fingerprint density at radius 2 is 1.56 bits per heavy atom. The van der Waals surface area contributed by atoms with E-state index in [2.05, 4.69) is 70.5 Å². The minimum absolute atomic E-state index is 0.566. The van der Waals surface area contributed by atoms with E-state index in [0.717, 1.165) is 56.8 Å². The molecule has 1 fully saturated rings. The van der Waals surface area contributed by atoms with Crippen molar-refractivity contribution in [2.75, 3.05) is 33.4 Å². The summed E-state index contributed by atoms with van der Waals surface area (Å²) in [6.07, 6.45) is 6.79. The van der Waals surface area contributed by atoms with Gasteiger partial charge in [0.25, 0.3) is 0 Å². The fourth-order valence-electron chi connectivity index (χ4n) is 4.37. The number of hydrogen-bond acceptors (Lipinski definition) is 4. The summed E-state index contributed by atoms with van der Waals surface area (Å²) in [6.45, 7) is 4.61. The molecule has 2 aromatic carbocycles. The molecule has 0 atom stereocenters. The Labute approximate surface area is 191 Å². The number of benzene rings is 2. The van der Waals surface area contributed by atoms with Crippen LogP contribution >= 0.6 is 0 Å². The van der Waals surface area contributed by atoms with E-state index in [9.17, 15) is 0 Å². The van der Waals surface area contributed by atoms with Crippen LogP contribution in [0.15, 0.2) is 84.7 Å². The van der Waals surface area contributed by atoms with Crippen LogP contribution < -0.4 is 4.74 Å². The van der Waals surface area contributed by atoms with Crippen LogP contribution in [-0.2, 0) is 11.3 Å². The Bertz CT molecular complexity index is 951. The number of likely N-dealkylation sites (tertiary alicyclic amines) is 1. The molecule has 2 heterocycles. The summed E-state index contributed by atoms with van der Waals surface area (Å²) in [5, 5.41) is 0. The summed E-state index contributed by atoms with van der Waals surface area (Å²) in [4.78, 5) is 6.65. The first-order chi connectivity index (χ1) is 15.8. The summed E-state index contributed by atoms with van der Waals surface area (Å²) in [5.74, 6) is 0.787. The maximum Gasteiger partial charge on any atom is 0.142 e. The van der Waals surface area contributed by atoms with Gasteiger partial charge in [0.05, 0.1) is 19.9 Å². The van der Waals surface area contributed by atoms with Crippen LogP contribution in [0.3, 0.4) is 0 Å². The molecule has 1 aliphatic heterocycles. The average Bonchev–Trinajstić information content (AvgIpc) is 2.86. The standard InChI is InChI=1S/C28H32N2O2/c1-31-27-21-29-16-13-26(27)22-32-20-8-17-30-18-14-25(15-19-30)28(23-9-4-2-5-10-23)24-11-6-3-7-12-24/h2-7,9-13,16,21H,8,14-15,17-20,22H2,1H3. The average molecular weight is 429 g/mol. The lowest BCUT2D eigenvalue weighted by atomic mass is 9.88. The minimum Gasteiger partial charge on any atom is -0.495 e. The highest BCUT2D eigenvalue weighted by Crippen LogP contribution is 2.32. The fraction of sp³-hybridized carbons (Fsp3) is 0.321. The molecule has 0 amide bonds. The van der Waals surface area contributed by atoms with E-state index in [4.69, 9.17) is 9.47 Å². The predicted octanol–water partition coefficient (Wildman–Crippen LogP) is 5.59. The van der Waals surface area contributed by atoms with Gasteiger partial charge in [-0.25, -0.2) is 0 Å². The van der Waals surface area contributed by atoms with E-state index >= 15 is 0 Å². The molecule has 4 rings (SSSR count). The highest BCUT2D eigenvalue weighted by Gasteiger charge is 2.18. The van der Waals surface area contributed by atoms with Gasteiger partial charge in [0.15, 0.2) is 0 Å². The zero-order chi connectivity index (χ0) is 22.0. The lowest BCUT2D eigenvalue weighted by Crippen LogP contribution is -2.32. The van der Waals surface area contributed by atoms with Crippen LogP contribution in [0.2, 0.25) is 0 Å². The van der Waals surface area contributed by atoms with Gasteiger partial charge in [-0.2, -0.15) is 0 Å². The van der Waals surface area contributed by atoms with Gasteiger partial charge in [0.2, 0.25) is 0 Å². The van der Waals surface area contributed by atoms with E-state index in [1.807, 2.05) is 6.07 Å². The molecule has 4 heteroatoms. The zero-order valence-electron chi connectivity index (χ0n) is 18.9. The molecule has 1 saturated heterocycles. The first-order valence-electron chi connectivity index (χ1n) is 11.4. The van der Waals surface area contributed by atoms with Crippen LogP contribution in [0.1, 0.15) is 36.0 Å². The van der Waals surface area contributed by atoms with Crippen LogP contribution in [0.4, 0.5) is 0 Å². The second kappa shape index (κ2) is 11.6. The lowest BCUT2D eigenvalue weighted by molar-refractivity contribution is 0.105. The van der Waals surface area contributed by atoms with Gasteiger partial charge in [0, 0.05) is 38.0 Å². The van der Waals surface area contributed by atoms with Crippen molar-refractivity contribution < 1.29 is 9.47 Å². The molecule has 0 radical (unpaired) electrons. The third kappa shape index (κ3) is 5.84. The molecule has 0 unspecified atom stereocenters. The van der Waals surface area contributed by atoms with E-state index < -0.39 is 0 Å².